The second-order valence-electron chi connectivity index (χ2n) is 5.91. The Morgan fingerprint density at radius 2 is 2.22 bits per heavy atom. The second-order valence-corrected chi connectivity index (χ2v) is 6.84. The maximum atomic E-state index is 12.7. The lowest BCUT2D eigenvalue weighted by atomic mass is 9.99. The van der Waals surface area contributed by atoms with Gasteiger partial charge in [0.15, 0.2) is 0 Å². The summed E-state index contributed by atoms with van der Waals surface area (Å²) in [7, 11) is 0. The lowest BCUT2D eigenvalue weighted by Gasteiger charge is -2.32. The molecule has 1 aromatic carbocycles. The van der Waals surface area contributed by atoms with Gasteiger partial charge >= 0.3 is 0 Å². The highest BCUT2D eigenvalue weighted by Gasteiger charge is 2.26. The van der Waals surface area contributed by atoms with Crippen LogP contribution in [-0.2, 0) is 11.3 Å². The smallest absolute Gasteiger partial charge is 0.242 e. The molecule has 3 heterocycles. The van der Waals surface area contributed by atoms with Gasteiger partial charge < -0.3 is 9.47 Å². The first kappa shape index (κ1) is 14.4. The minimum atomic E-state index is 0.161. The van der Waals surface area contributed by atoms with E-state index >= 15 is 0 Å². The number of piperidine rings is 1. The van der Waals surface area contributed by atoms with Crippen molar-refractivity contribution >= 4 is 28.3 Å². The van der Waals surface area contributed by atoms with Crippen LogP contribution in [0.2, 0.25) is 0 Å². The summed E-state index contributed by atoms with van der Waals surface area (Å²) >= 11 is 1.69. The highest BCUT2D eigenvalue weighted by molar-refractivity contribution is 7.09. The van der Waals surface area contributed by atoms with Crippen molar-refractivity contribution in [3.05, 3.63) is 47.2 Å². The van der Waals surface area contributed by atoms with Gasteiger partial charge in [-0.15, -0.1) is 11.3 Å². The third-order valence-corrected chi connectivity index (χ3v) is 5.35. The minimum Gasteiger partial charge on any atom is -0.340 e. The van der Waals surface area contributed by atoms with Gasteiger partial charge in [0.1, 0.15) is 6.54 Å². The molecular formula is C17H18N4OS. The molecule has 3 aromatic rings. The summed E-state index contributed by atoms with van der Waals surface area (Å²) in [6.07, 6.45) is 5.76. The first-order chi connectivity index (χ1) is 11.3. The van der Waals surface area contributed by atoms with Gasteiger partial charge in [0, 0.05) is 30.6 Å². The number of imidazole rings is 1. The Balaban J connectivity index is 1.48. The molecule has 1 unspecified atom stereocenters. The molecule has 0 bridgehead atoms. The molecule has 1 saturated heterocycles. The molecule has 1 aliphatic heterocycles. The predicted octanol–water partition coefficient (Wildman–Crippen LogP) is 2.90. The Morgan fingerprint density at radius 3 is 3.09 bits per heavy atom. The van der Waals surface area contributed by atoms with Crippen LogP contribution < -0.4 is 0 Å². The van der Waals surface area contributed by atoms with Crippen molar-refractivity contribution in [2.24, 2.45) is 0 Å². The molecule has 0 radical (unpaired) electrons. The average molecular weight is 326 g/mol. The summed E-state index contributed by atoms with van der Waals surface area (Å²) < 4.78 is 1.94. The van der Waals surface area contributed by atoms with Gasteiger partial charge in [0.25, 0.3) is 0 Å². The van der Waals surface area contributed by atoms with E-state index in [2.05, 4.69) is 9.97 Å². The van der Waals surface area contributed by atoms with Crippen molar-refractivity contribution in [2.75, 3.05) is 13.1 Å². The number of benzene rings is 1. The van der Waals surface area contributed by atoms with Gasteiger partial charge in [-0.05, 0) is 25.0 Å². The van der Waals surface area contributed by atoms with Gasteiger partial charge in [0.05, 0.1) is 22.4 Å². The molecular weight excluding hydrogens is 308 g/mol. The summed E-state index contributed by atoms with van der Waals surface area (Å²) in [5, 5.41) is 3.16. The monoisotopic (exact) mass is 326 g/mol. The fourth-order valence-corrected chi connectivity index (χ4v) is 3.99. The molecule has 0 spiro atoms. The Morgan fingerprint density at radius 1 is 1.30 bits per heavy atom. The third kappa shape index (κ3) is 2.86. The number of aromatic nitrogens is 3. The molecule has 2 aromatic heterocycles. The van der Waals surface area contributed by atoms with Gasteiger partial charge in [-0.1, -0.05) is 12.1 Å². The fraction of sp³-hybridized carbons (Fsp3) is 0.353. The van der Waals surface area contributed by atoms with E-state index in [1.807, 2.05) is 45.3 Å². The number of carbonyl (C=O) groups excluding carboxylic acids is 1. The molecule has 4 rings (SSSR count). The van der Waals surface area contributed by atoms with Crippen LogP contribution in [0.4, 0.5) is 0 Å². The highest BCUT2D eigenvalue weighted by atomic mass is 32.1. The zero-order chi connectivity index (χ0) is 15.6. The van der Waals surface area contributed by atoms with Crippen LogP contribution in [0, 0.1) is 0 Å². The maximum absolute atomic E-state index is 12.7. The maximum Gasteiger partial charge on any atom is 0.242 e. The largest absolute Gasteiger partial charge is 0.340 e. The predicted molar refractivity (Wildman–Crippen MR) is 90.4 cm³/mol. The molecule has 118 valence electrons. The van der Waals surface area contributed by atoms with Crippen molar-refractivity contribution in [3.63, 3.8) is 0 Å². The Bertz CT molecular complexity index is 811. The van der Waals surface area contributed by atoms with Crippen molar-refractivity contribution in [3.8, 4) is 0 Å². The molecule has 23 heavy (non-hydrogen) atoms. The van der Waals surface area contributed by atoms with Crippen LogP contribution in [0.15, 0.2) is 42.2 Å². The van der Waals surface area contributed by atoms with Crippen molar-refractivity contribution in [2.45, 2.75) is 25.3 Å². The summed E-state index contributed by atoms with van der Waals surface area (Å²) in [6.45, 7) is 1.97. The van der Waals surface area contributed by atoms with E-state index in [0.717, 1.165) is 42.0 Å². The van der Waals surface area contributed by atoms with Crippen LogP contribution in [-0.4, -0.2) is 38.4 Å². The van der Waals surface area contributed by atoms with Crippen molar-refractivity contribution in [1.29, 1.82) is 0 Å². The molecule has 5 nitrogen and oxygen atoms in total. The summed E-state index contributed by atoms with van der Waals surface area (Å²) in [5.74, 6) is 0.543. The first-order valence-electron chi connectivity index (χ1n) is 7.88. The molecule has 0 N–H and O–H groups in total. The van der Waals surface area contributed by atoms with E-state index in [1.54, 1.807) is 17.7 Å². The Kier molecular flexibility index (Phi) is 3.83. The van der Waals surface area contributed by atoms with Crippen LogP contribution in [0.25, 0.3) is 11.0 Å². The summed E-state index contributed by atoms with van der Waals surface area (Å²) in [6, 6.07) is 7.91. The molecule has 6 heteroatoms. The number of thiazole rings is 1. The number of likely N-dealkylation sites (tertiary alicyclic amines) is 1. The van der Waals surface area contributed by atoms with E-state index in [0.29, 0.717) is 12.5 Å². The number of hydrogen-bond donors (Lipinski definition) is 0. The lowest BCUT2D eigenvalue weighted by Crippen LogP contribution is -2.40. The number of hydrogen-bond acceptors (Lipinski definition) is 4. The Labute approximate surface area is 138 Å². The van der Waals surface area contributed by atoms with E-state index in [4.69, 9.17) is 0 Å². The van der Waals surface area contributed by atoms with E-state index in [9.17, 15) is 4.79 Å². The minimum absolute atomic E-state index is 0.161. The van der Waals surface area contributed by atoms with Crippen LogP contribution in [0.1, 0.15) is 23.8 Å². The number of amides is 1. The van der Waals surface area contributed by atoms with E-state index < -0.39 is 0 Å². The van der Waals surface area contributed by atoms with Gasteiger partial charge in [-0.25, -0.2) is 9.97 Å². The number of nitrogens with zero attached hydrogens (tertiary/aromatic N) is 4. The molecule has 0 aliphatic carbocycles. The third-order valence-electron chi connectivity index (χ3n) is 4.41. The Hall–Kier alpha value is -2.21. The first-order valence-corrected chi connectivity index (χ1v) is 8.76. The molecule has 1 atom stereocenters. The number of fused-ring (bicyclic) bond motifs is 1. The number of carbonyl (C=O) groups is 1. The van der Waals surface area contributed by atoms with Gasteiger partial charge in [-0.2, -0.15) is 0 Å². The fourth-order valence-electron chi connectivity index (χ4n) is 3.22. The normalized spacial score (nSPS) is 18.4. The van der Waals surface area contributed by atoms with E-state index in [-0.39, 0.29) is 5.91 Å². The van der Waals surface area contributed by atoms with Crippen molar-refractivity contribution in [1.82, 2.24) is 19.4 Å². The van der Waals surface area contributed by atoms with Crippen LogP contribution in [0.5, 0.6) is 0 Å². The van der Waals surface area contributed by atoms with Gasteiger partial charge in [0.2, 0.25) is 5.91 Å². The van der Waals surface area contributed by atoms with Crippen LogP contribution >= 0.6 is 11.3 Å². The standard InChI is InChI=1S/C17H18N4OS/c22-16(11-21-12-19-14-5-1-2-6-15(14)21)20-8-3-4-13(10-20)17-18-7-9-23-17/h1-2,5-7,9,12-13H,3-4,8,10-11H2. The second kappa shape index (κ2) is 6.12. The topological polar surface area (TPSA) is 51.0 Å². The molecule has 1 amide bonds. The zero-order valence-corrected chi connectivity index (χ0v) is 13.6. The number of rotatable bonds is 3. The highest BCUT2D eigenvalue weighted by Crippen LogP contribution is 2.28. The quantitative estimate of drug-likeness (QED) is 0.743. The molecule has 1 fully saturated rings. The van der Waals surface area contributed by atoms with Gasteiger partial charge in [-0.3, -0.25) is 4.79 Å². The number of para-hydroxylation sites is 2. The summed E-state index contributed by atoms with van der Waals surface area (Å²) in [4.78, 5) is 23.4. The van der Waals surface area contributed by atoms with E-state index in [1.165, 1.54) is 0 Å². The summed E-state index contributed by atoms with van der Waals surface area (Å²) in [5.41, 5.74) is 1.94. The van der Waals surface area contributed by atoms with Crippen LogP contribution in [0.3, 0.4) is 0 Å². The average Bonchev–Trinajstić information content (AvgIpc) is 3.25. The molecule has 0 saturated carbocycles. The van der Waals surface area contributed by atoms with Crippen molar-refractivity contribution < 1.29 is 4.79 Å². The SMILES string of the molecule is O=C(Cn1cnc2ccccc21)N1CCCC(c2nccs2)C1. The zero-order valence-electron chi connectivity index (χ0n) is 12.8. The lowest BCUT2D eigenvalue weighted by molar-refractivity contribution is -0.133. The molecule has 1 aliphatic rings.